The number of nitrogens with two attached hydrogens (primary N) is 2. The van der Waals surface area contributed by atoms with Gasteiger partial charge in [-0.1, -0.05) is 12.1 Å². The Bertz CT molecular complexity index is 493. The van der Waals surface area contributed by atoms with E-state index in [1.807, 2.05) is 24.0 Å². The van der Waals surface area contributed by atoms with Crippen LogP contribution in [-0.4, -0.2) is 34.9 Å². The second-order valence-corrected chi connectivity index (χ2v) is 5.24. The number of nitrogens with zero attached hydrogens (tertiary/aromatic N) is 1. The van der Waals surface area contributed by atoms with Crippen molar-refractivity contribution in [3.8, 4) is 5.75 Å². The van der Waals surface area contributed by atoms with Crippen LogP contribution in [0.2, 0.25) is 0 Å². The smallest absolute Gasteiger partial charge is 0.222 e. The van der Waals surface area contributed by atoms with Crippen molar-refractivity contribution >= 4 is 11.8 Å². The van der Waals surface area contributed by atoms with Crippen molar-refractivity contribution < 1.29 is 14.7 Å². The third-order valence-corrected chi connectivity index (χ3v) is 4.00. The number of likely N-dealkylation sites (tertiary alicyclic amines) is 1. The summed E-state index contributed by atoms with van der Waals surface area (Å²) in [5.74, 6) is -1.85. The number of phenols is 1. The molecule has 3 atom stereocenters. The molecular formula is C14H19N3O3. The van der Waals surface area contributed by atoms with Crippen molar-refractivity contribution in [1.82, 2.24) is 4.90 Å². The minimum absolute atomic E-state index is 0.0156. The minimum Gasteiger partial charge on any atom is -0.508 e. The number of hydrogen-bond acceptors (Lipinski definition) is 4. The second-order valence-electron chi connectivity index (χ2n) is 5.24. The third kappa shape index (κ3) is 2.75. The molecule has 0 aliphatic carbocycles. The number of amides is 2. The predicted molar refractivity (Wildman–Crippen MR) is 73.5 cm³/mol. The number of phenolic OH excluding ortho intramolecular Hbond substituents is 1. The molecule has 6 heteroatoms. The van der Waals surface area contributed by atoms with Crippen molar-refractivity contribution in [2.24, 2.45) is 23.3 Å². The number of benzene rings is 1. The number of aromatic hydroxyl groups is 1. The maximum Gasteiger partial charge on any atom is 0.222 e. The molecule has 5 N–H and O–H groups in total. The van der Waals surface area contributed by atoms with E-state index in [1.165, 1.54) is 0 Å². The van der Waals surface area contributed by atoms with Gasteiger partial charge in [0.25, 0.3) is 0 Å². The number of rotatable bonds is 4. The first-order valence-electron chi connectivity index (χ1n) is 6.51. The average molecular weight is 277 g/mol. The summed E-state index contributed by atoms with van der Waals surface area (Å²) >= 11 is 0. The van der Waals surface area contributed by atoms with Crippen LogP contribution in [0.5, 0.6) is 5.75 Å². The van der Waals surface area contributed by atoms with Crippen LogP contribution in [0, 0.1) is 11.8 Å². The Kier molecular flexibility index (Phi) is 3.94. The van der Waals surface area contributed by atoms with E-state index in [0.29, 0.717) is 13.1 Å². The van der Waals surface area contributed by atoms with Gasteiger partial charge >= 0.3 is 0 Å². The van der Waals surface area contributed by atoms with Crippen LogP contribution in [-0.2, 0) is 9.59 Å². The van der Waals surface area contributed by atoms with Gasteiger partial charge in [-0.25, -0.2) is 0 Å². The van der Waals surface area contributed by atoms with Gasteiger partial charge in [-0.05, 0) is 24.6 Å². The summed E-state index contributed by atoms with van der Waals surface area (Å²) in [5, 5.41) is 9.30. The zero-order chi connectivity index (χ0) is 14.9. The normalized spacial score (nSPS) is 24.4. The Morgan fingerprint density at radius 3 is 2.00 bits per heavy atom. The van der Waals surface area contributed by atoms with E-state index in [-0.39, 0.29) is 11.8 Å². The van der Waals surface area contributed by atoms with Crippen LogP contribution >= 0.6 is 0 Å². The van der Waals surface area contributed by atoms with E-state index in [1.54, 1.807) is 12.1 Å². The first-order chi connectivity index (χ1) is 9.40. The zero-order valence-electron chi connectivity index (χ0n) is 11.3. The highest BCUT2D eigenvalue weighted by Crippen LogP contribution is 2.31. The maximum atomic E-state index is 11.4. The van der Waals surface area contributed by atoms with Crippen molar-refractivity contribution in [3.05, 3.63) is 29.8 Å². The molecule has 6 nitrogen and oxygen atoms in total. The number of primary amides is 2. The summed E-state index contributed by atoms with van der Waals surface area (Å²) in [4.78, 5) is 24.9. The molecule has 1 aromatic rings. The fourth-order valence-corrected chi connectivity index (χ4v) is 2.69. The van der Waals surface area contributed by atoms with Gasteiger partial charge in [0.2, 0.25) is 11.8 Å². The number of carbonyl (C=O) groups is 2. The zero-order valence-corrected chi connectivity index (χ0v) is 11.3. The van der Waals surface area contributed by atoms with E-state index in [2.05, 4.69) is 0 Å². The molecule has 1 aliphatic heterocycles. The molecule has 1 aliphatic rings. The molecule has 0 bridgehead atoms. The topological polar surface area (TPSA) is 110 Å². The van der Waals surface area contributed by atoms with Gasteiger partial charge in [0, 0.05) is 19.1 Å². The molecule has 1 aromatic carbocycles. The fourth-order valence-electron chi connectivity index (χ4n) is 2.69. The average Bonchev–Trinajstić information content (AvgIpc) is 2.84. The molecule has 1 heterocycles. The summed E-state index contributed by atoms with van der Waals surface area (Å²) in [7, 11) is 0. The quantitative estimate of drug-likeness (QED) is 0.718. The van der Waals surface area contributed by atoms with Crippen molar-refractivity contribution in [3.63, 3.8) is 0 Å². The summed E-state index contributed by atoms with van der Waals surface area (Å²) in [6.07, 6.45) is 0. The van der Waals surface area contributed by atoms with E-state index < -0.39 is 23.7 Å². The third-order valence-electron chi connectivity index (χ3n) is 4.00. The Balaban J connectivity index is 2.16. The lowest BCUT2D eigenvalue weighted by molar-refractivity contribution is -0.129. The van der Waals surface area contributed by atoms with Gasteiger partial charge in [0.1, 0.15) is 5.75 Å². The van der Waals surface area contributed by atoms with Gasteiger partial charge in [-0.2, -0.15) is 0 Å². The largest absolute Gasteiger partial charge is 0.508 e. The SMILES string of the molecule is CC(c1ccc(O)cc1)N1CC(C(N)=O)C(C(N)=O)C1. The standard InChI is InChI=1S/C14H19N3O3/c1-8(9-2-4-10(18)5-3-9)17-6-11(13(15)19)12(7-17)14(16)20/h2-5,8,11-12,18H,6-7H2,1H3,(H2,15,19)(H2,16,20). The first-order valence-corrected chi connectivity index (χ1v) is 6.51. The Morgan fingerprint density at radius 1 is 1.15 bits per heavy atom. The minimum atomic E-state index is -0.535. The lowest BCUT2D eigenvalue weighted by Crippen LogP contribution is -2.36. The molecule has 1 fully saturated rings. The van der Waals surface area contributed by atoms with Crippen LogP contribution in [0.25, 0.3) is 0 Å². The molecule has 0 spiro atoms. The van der Waals surface area contributed by atoms with Gasteiger partial charge in [0.05, 0.1) is 11.8 Å². The molecular weight excluding hydrogens is 258 g/mol. The Morgan fingerprint density at radius 2 is 1.60 bits per heavy atom. The molecule has 0 aromatic heterocycles. The monoisotopic (exact) mass is 277 g/mol. The molecule has 1 saturated heterocycles. The molecule has 0 saturated carbocycles. The van der Waals surface area contributed by atoms with E-state index >= 15 is 0 Å². The van der Waals surface area contributed by atoms with Gasteiger partial charge in [-0.3, -0.25) is 14.5 Å². The first kappa shape index (κ1) is 14.3. The highest BCUT2D eigenvalue weighted by molar-refractivity contribution is 5.87. The number of carbonyl (C=O) groups excluding carboxylic acids is 2. The van der Waals surface area contributed by atoms with Crippen LogP contribution < -0.4 is 11.5 Å². The highest BCUT2D eigenvalue weighted by atomic mass is 16.3. The van der Waals surface area contributed by atoms with Crippen LogP contribution in [0.3, 0.4) is 0 Å². The summed E-state index contributed by atoms with van der Waals surface area (Å²) in [6, 6.07) is 6.87. The Hall–Kier alpha value is -2.08. The second kappa shape index (κ2) is 5.50. The highest BCUT2D eigenvalue weighted by Gasteiger charge is 2.41. The molecule has 0 radical (unpaired) electrons. The predicted octanol–water partition coefficient (Wildman–Crippen LogP) is -0.0282. The number of hydrogen-bond donors (Lipinski definition) is 3. The lowest BCUT2D eigenvalue weighted by Gasteiger charge is -2.24. The van der Waals surface area contributed by atoms with Crippen molar-refractivity contribution in [1.29, 1.82) is 0 Å². The van der Waals surface area contributed by atoms with Gasteiger partial charge < -0.3 is 16.6 Å². The molecule has 20 heavy (non-hydrogen) atoms. The molecule has 2 amide bonds. The van der Waals surface area contributed by atoms with E-state index in [9.17, 15) is 14.7 Å². The van der Waals surface area contributed by atoms with Gasteiger partial charge in [-0.15, -0.1) is 0 Å². The van der Waals surface area contributed by atoms with E-state index in [0.717, 1.165) is 5.56 Å². The van der Waals surface area contributed by atoms with E-state index in [4.69, 9.17) is 11.5 Å². The van der Waals surface area contributed by atoms with Crippen LogP contribution in [0.4, 0.5) is 0 Å². The molecule has 2 rings (SSSR count). The van der Waals surface area contributed by atoms with Crippen molar-refractivity contribution in [2.75, 3.05) is 13.1 Å². The lowest BCUT2D eigenvalue weighted by atomic mass is 9.95. The maximum absolute atomic E-state index is 11.4. The summed E-state index contributed by atoms with van der Waals surface area (Å²) < 4.78 is 0. The molecule has 3 unspecified atom stereocenters. The van der Waals surface area contributed by atoms with Crippen LogP contribution in [0.15, 0.2) is 24.3 Å². The Labute approximate surface area is 117 Å². The fraction of sp³-hybridized carbons (Fsp3) is 0.429. The van der Waals surface area contributed by atoms with Crippen molar-refractivity contribution in [2.45, 2.75) is 13.0 Å². The van der Waals surface area contributed by atoms with Crippen LogP contribution in [0.1, 0.15) is 18.5 Å². The molecule has 108 valence electrons. The van der Waals surface area contributed by atoms with Gasteiger partial charge in [0.15, 0.2) is 0 Å². The summed E-state index contributed by atoms with van der Waals surface area (Å²) in [6.45, 7) is 2.82. The summed E-state index contributed by atoms with van der Waals surface area (Å²) in [5.41, 5.74) is 11.7.